The molecule has 1 aliphatic heterocycles. The molecule has 6 nitrogen and oxygen atoms in total. The minimum Gasteiger partial charge on any atom is -0.469 e. The van der Waals surface area contributed by atoms with Crippen LogP contribution in [0.4, 0.5) is 0 Å². The number of halogens is 1. The van der Waals surface area contributed by atoms with Crippen LogP contribution >= 0.6 is 15.9 Å². The number of furan rings is 1. The molecule has 2 heterocycles. The number of hydrogen-bond acceptors (Lipinski definition) is 5. The molecule has 0 N–H and O–H groups in total. The summed E-state index contributed by atoms with van der Waals surface area (Å²) in [6, 6.07) is 11.8. The Morgan fingerprint density at radius 3 is 2.50 bits per heavy atom. The van der Waals surface area contributed by atoms with Crippen LogP contribution in [0, 0.1) is 5.92 Å². The maximum absolute atomic E-state index is 12.5. The van der Waals surface area contributed by atoms with Gasteiger partial charge in [0.15, 0.2) is 0 Å². The minimum atomic E-state index is -0.177. The summed E-state index contributed by atoms with van der Waals surface area (Å²) in [4.78, 5) is 27.9. The molecule has 0 saturated carbocycles. The maximum Gasteiger partial charge on any atom is 0.308 e. The van der Waals surface area contributed by atoms with E-state index in [1.54, 1.807) is 0 Å². The number of ether oxygens (including phenoxy) is 1. The van der Waals surface area contributed by atoms with Crippen LogP contribution in [0.3, 0.4) is 0 Å². The van der Waals surface area contributed by atoms with E-state index in [2.05, 4.69) is 15.9 Å². The molecular formula is C21H25BrN2O4. The highest BCUT2D eigenvalue weighted by Gasteiger charge is 2.28. The van der Waals surface area contributed by atoms with E-state index in [4.69, 9.17) is 9.15 Å². The number of likely N-dealkylation sites (N-methyl/N-ethyl adjacent to an activating group) is 1. The SMILES string of the molecule is COC(=O)C1CCN(C(=O)CN(C)Cc2ccc(-c3ccc(Br)cc3)o2)CC1. The Kier molecular flexibility index (Phi) is 6.91. The fourth-order valence-electron chi connectivity index (χ4n) is 3.42. The Labute approximate surface area is 173 Å². The first-order valence-electron chi connectivity index (χ1n) is 9.35. The van der Waals surface area contributed by atoms with Crippen LogP contribution < -0.4 is 0 Å². The molecule has 2 aromatic rings. The molecule has 1 fully saturated rings. The van der Waals surface area contributed by atoms with Gasteiger partial charge in [-0.05, 0) is 44.2 Å². The molecule has 0 spiro atoms. The summed E-state index contributed by atoms with van der Waals surface area (Å²) < 4.78 is 11.7. The molecule has 1 saturated heterocycles. The zero-order valence-corrected chi connectivity index (χ0v) is 17.8. The quantitative estimate of drug-likeness (QED) is 0.632. The van der Waals surface area contributed by atoms with Crippen molar-refractivity contribution in [2.75, 3.05) is 33.8 Å². The van der Waals surface area contributed by atoms with Crippen molar-refractivity contribution in [1.29, 1.82) is 0 Å². The number of likely N-dealkylation sites (tertiary alicyclic amines) is 1. The highest BCUT2D eigenvalue weighted by atomic mass is 79.9. The van der Waals surface area contributed by atoms with E-state index in [1.807, 2.05) is 53.2 Å². The van der Waals surface area contributed by atoms with Gasteiger partial charge in [-0.3, -0.25) is 14.5 Å². The molecule has 0 radical (unpaired) electrons. The summed E-state index contributed by atoms with van der Waals surface area (Å²) in [6.45, 7) is 2.07. The van der Waals surface area contributed by atoms with Crippen molar-refractivity contribution in [3.8, 4) is 11.3 Å². The van der Waals surface area contributed by atoms with Crippen LogP contribution in [0.2, 0.25) is 0 Å². The first-order valence-corrected chi connectivity index (χ1v) is 10.1. The van der Waals surface area contributed by atoms with E-state index in [0.29, 0.717) is 39.0 Å². The van der Waals surface area contributed by atoms with Crippen molar-refractivity contribution in [1.82, 2.24) is 9.80 Å². The summed E-state index contributed by atoms with van der Waals surface area (Å²) in [7, 11) is 3.31. The van der Waals surface area contributed by atoms with E-state index >= 15 is 0 Å². The van der Waals surface area contributed by atoms with E-state index in [1.165, 1.54) is 7.11 Å². The first-order chi connectivity index (χ1) is 13.5. The molecule has 150 valence electrons. The van der Waals surface area contributed by atoms with Crippen molar-refractivity contribution < 1.29 is 18.7 Å². The average molecular weight is 449 g/mol. The number of esters is 1. The number of piperidine rings is 1. The van der Waals surface area contributed by atoms with Gasteiger partial charge in [0.2, 0.25) is 5.91 Å². The third-order valence-electron chi connectivity index (χ3n) is 5.00. The van der Waals surface area contributed by atoms with E-state index < -0.39 is 0 Å². The standard InChI is InChI=1S/C21H25BrN2O4/c1-23(14-20(25)24-11-9-16(10-12-24)21(26)27-2)13-18-7-8-19(28-18)15-3-5-17(22)6-4-15/h3-8,16H,9-14H2,1-2H3. The van der Waals surface area contributed by atoms with E-state index in [9.17, 15) is 9.59 Å². The number of nitrogens with zero attached hydrogens (tertiary/aromatic N) is 2. The number of rotatable bonds is 6. The Morgan fingerprint density at radius 1 is 1.18 bits per heavy atom. The van der Waals surface area contributed by atoms with Gasteiger partial charge in [0.25, 0.3) is 0 Å². The smallest absolute Gasteiger partial charge is 0.308 e. The second-order valence-corrected chi connectivity index (χ2v) is 8.04. The summed E-state index contributed by atoms with van der Waals surface area (Å²) in [5.41, 5.74) is 1.02. The number of benzene rings is 1. The number of amides is 1. The van der Waals surface area contributed by atoms with Crippen molar-refractivity contribution in [3.05, 3.63) is 46.6 Å². The van der Waals surface area contributed by atoms with Crippen LogP contribution in [0.15, 0.2) is 45.3 Å². The molecule has 0 atom stereocenters. The third-order valence-corrected chi connectivity index (χ3v) is 5.53. The molecule has 1 aliphatic rings. The molecule has 1 aromatic heterocycles. The van der Waals surface area contributed by atoms with Gasteiger partial charge in [0.1, 0.15) is 11.5 Å². The molecule has 0 aliphatic carbocycles. The highest BCUT2D eigenvalue weighted by molar-refractivity contribution is 9.10. The van der Waals surface area contributed by atoms with Gasteiger partial charge in [0, 0.05) is 23.1 Å². The molecular weight excluding hydrogens is 424 g/mol. The Bertz CT molecular complexity index is 810. The van der Waals surface area contributed by atoms with E-state index in [-0.39, 0.29) is 17.8 Å². The lowest BCUT2D eigenvalue weighted by Crippen LogP contribution is -2.44. The zero-order valence-electron chi connectivity index (χ0n) is 16.2. The average Bonchev–Trinajstić information content (AvgIpc) is 3.16. The van der Waals surface area contributed by atoms with Crippen LogP contribution in [-0.2, 0) is 20.9 Å². The first kappa shape index (κ1) is 20.6. The molecule has 7 heteroatoms. The largest absolute Gasteiger partial charge is 0.469 e. The van der Waals surface area contributed by atoms with Gasteiger partial charge in [-0.25, -0.2) is 0 Å². The van der Waals surface area contributed by atoms with Gasteiger partial charge in [-0.1, -0.05) is 28.1 Å². The maximum atomic E-state index is 12.5. The lowest BCUT2D eigenvalue weighted by molar-refractivity contribution is -0.149. The van der Waals surface area contributed by atoms with E-state index in [0.717, 1.165) is 21.6 Å². The van der Waals surface area contributed by atoms with Gasteiger partial charge < -0.3 is 14.1 Å². The number of methoxy groups -OCH3 is 1. The van der Waals surface area contributed by atoms with Crippen LogP contribution in [0.5, 0.6) is 0 Å². The Hall–Kier alpha value is -2.12. The molecule has 0 bridgehead atoms. The number of hydrogen-bond donors (Lipinski definition) is 0. The van der Waals surface area contributed by atoms with Crippen molar-refractivity contribution in [2.24, 2.45) is 5.92 Å². The fraction of sp³-hybridized carbons (Fsp3) is 0.429. The Balaban J connectivity index is 1.49. The molecule has 1 aromatic carbocycles. The number of carbonyl (C=O) groups excluding carboxylic acids is 2. The highest BCUT2D eigenvalue weighted by Crippen LogP contribution is 2.24. The summed E-state index contributed by atoms with van der Waals surface area (Å²) in [6.07, 6.45) is 1.33. The summed E-state index contributed by atoms with van der Waals surface area (Å²) in [5, 5.41) is 0. The molecule has 0 unspecified atom stereocenters. The topological polar surface area (TPSA) is 63.0 Å². The summed E-state index contributed by atoms with van der Waals surface area (Å²) >= 11 is 3.43. The van der Waals surface area contributed by atoms with Crippen molar-refractivity contribution >= 4 is 27.8 Å². The Morgan fingerprint density at radius 2 is 1.86 bits per heavy atom. The molecule has 28 heavy (non-hydrogen) atoms. The third kappa shape index (κ3) is 5.23. The monoisotopic (exact) mass is 448 g/mol. The summed E-state index contributed by atoms with van der Waals surface area (Å²) in [5.74, 6) is 1.44. The minimum absolute atomic E-state index is 0.0745. The van der Waals surface area contributed by atoms with Gasteiger partial charge in [-0.2, -0.15) is 0 Å². The van der Waals surface area contributed by atoms with Crippen molar-refractivity contribution in [2.45, 2.75) is 19.4 Å². The molecule has 3 rings (SSSR count). The van der Waals surface area contributed by atoms with Crippen LogP contribution in [-0.4, -0.2) is 55.5 Å². The van der Waals surface area contributed by atoms with Crippen molar-refractivity contribution in [3.63, 3.8) is 0 Å². The molecule has 1 amide bonds. The lowest BCUT2D eigenvalue weighted by atomic mass is 9.97. The zero-order chi connectivity index (χ0) is 20.1. The second-order valence-electron chi connectivity index (χ2n) is 7.12. The number of carbonyl (C=O) groups is 2. The van der Waals surface area contributed by atoms with Gasteiger partial charge in [-0.15, -0.1) is 0 Å². The lowest BCUT2D eigenvalue weighted by Gasteiger charge is -2.31. The second kappa shape index (κ2) is 9.39. The fourth-order valence-corrected chi connectivity index (χ4v) is 3.68. The van der Waals surface area contributed by atoms with Crippen LogP contribution in [0.25, 0.3) is 11.3 Å². The normalized spacial score (nSPS) is 15.1. The van der Waals surface area contributed by atoms with Gasteiger partial charge >= 0.3 is 5.97 Å². The predicted molar refractivity (Wildman–Crippen MR) is 109 cm³/mol. The van der Waals surface area contributed by atoms with Crippen LogP contribution in [0.1, 0.15) is 18.6 Å². The predicted octanol–water partition coefficient (Wildman–Crippen LogP) is 3.55. The van der Waals surface area contributed by atoms with Gasteiger partial charge in [0.05, 0.1) is 26.1 Å².